The van der Waals surface area contributed by atoms with E-state index in [2.05, 4.69) is 13.8 Å². The molecule has 1 rings (SSSR count). The molecule has 0 fully saturated rings. The summed E-state index contributed by atoms with van der Waals surface area (Å²) in [6, 6.07) is 4.82. The smallest absolute Gasteiger partial charge is 0.238 e. The molecular formula is C16H27NO3S. The van der Waals surface area contributed by atoms with E-state index in [-0.39, 0.29) is 10.3 Å². The van der Waals surface area contributed by atoms with Crippen LogP contribution in [0.4, 0.5) is 0 Å². The number of hydrogen-bond acceptors (Lipinski definition) is 3. The molecule has 0 aliphatic rings. The maximum absolute atomic E-state index is 11.5. The normalized spacial score (nSPS) is 12.7. The molecule has 0 radical (unpaired) electrons. The predicted molar refractivity (Wildman–Crippen MR) is 86.1 cm³/mol. The van der Waals surface area contributed by atoms with Crippen molar-refractivity contribution in [3.8, 4) is 5.75 Å². The van der Waals surface area contributed by atoms with E-state index in [4.69, 9.17) is 9.88 Å². The summed E-state index contributed by atoms with van der Waals surface area (Å²) in [6.07, 6.45) is 2.10. The molecule has 0 bridgehead atoms. The van der Waals surface area contributed by atoms with Crippen LogP contribution in [0.1, 0.15) is 53.0 Å². The summed E-state index contributed by atoms with van der Waals surface area (Å²) in [7, 11) is -3.69. The maximum atomic E-state index is 11.5. The van der Waals surface area contributed by atoms with Crippen LogP contribution >= 0.6 is 0 Å². The Morgan fingerprint density at radius 1 is 1.24 bits per heavy atom. The SMILES string of the molecule is CC(C)CCCOc1ccc(S(N)(=O)=O)cc1C(C)(C)C. The molecule has 1 aromatic carbocycles. The van der Waals surface area contributed by atoms with Gasteiger partial charge in [0.25, 0.3) is 0 Å². The second kappa shape index (κ2) is 6.79. The van der Waals surface area contributed by atoms with Crippen molar-refractivity contribution in [2.75, 3.05) is 6.61 Å². The Kier molecular flexibility index (Phi) is 5.82. The third-order valence-electron chi connectivity index (χ3n) is 3.27. The molecule has 0 aromatic heterocycles. The van der Waals surface area contributed by atoms with Gasteiger partial charge in [0, 0.05) is 5.56 Å². The maximum Gasteiger partial charge on any atom is 0.238 e. The number of nitrogens with two attached hydrogens (primary N) is 1. The van der Waals surface area contributed by atoms with Crippen LogP contribution in [0, 0.1) is 5.92 Å². The summed E-state index contributed by atoms with van der Waals surface area (Å²) in [5.41, 5.74) is 0.646. The van der Waals surface area contributed by atoms with Crippen molar-refractivity contribution in [1.82, 2.24) is 0 Å². The number of sulfonamides is 1. The van der Waals surface area contributed by atoms with Crippen LogP contribution < -0.4 is 9.88 Å². The zero-order valence-corrected chi connectivity index (χ0v) is 14.5. The summed E-state index contributed by atoms with van der Waals surface area (Å²) in [6.45, 7) is 11.1. The Balaban J connectivity index is 2.99. The fraction of sp³-hybridized carbons (Fsp3) is 0.625. The molecule has 0 atom stereocenters. The lowest BCUT2D eigenvalue weighted by Gasteiger charge is -2.23. The van der Waals surface area contributed by atoms with E-state index in [1.54, 1.807) is 12.1 Å². The first-order valence-electron chi connectivity index (χ1n) is 7.32. The largest absolute Gasteiger partial charge is 0.493 e. The first-order chi connectivity index (χ1) is 9.51. The van der Waals surface area contributed by atoms with Gasteiger partial charge in [-0.15, -0.1) is 0 Å². The minimum atomic E-state index is -3.69. The van der Waals surface area contributed by atoms with Crippen LogP contribution in [0.2, 0.25) is 0 Å². The van der Waals surface area contributed by atoms with Crippen LogP contribution in [0.3, 0.4) is 0 Å². The topological polar surface area (TPSA) is 69.4 Å². The van der Waals surface area contributed by atoms with E-state index < -0.39 is 10.0 Å². The lowest BCUT2D eigenvalue weighted by molar-refractivity contribution is 0.290. The van der Waals surface area contributed by atoms with E-state index in [1.807, 2.05) is 20.8 Å². The lowest BCUT2D eigenvalue weighted by atomic mass is 9.86. The van der Waals surface area contributed by atoms with Crippen LogP contribution in [0.15, 0.2) is 23.1 Å². The van der Waals surface area contributed by atoms with Crippen LogP contribution in [0.5, 0.6) is 5.75 Å². The van der Waals surface area contributed by atoms with Gasteiger partial charge in [-0.05, 0) is 42.4 Å². The Bertz CT molecular complexity index is 572. The summed E-state index contributed by atoms with van der Waals surface area (Å²) in [5.74, 6) is 1.39. The summed E-state index contributed by atoms with van der Waals surface area (Å²) in [4.78, 5) is 0.127. The average molecular weight is 313 g/mol. The van der Waals surface area contributed by atoms with Crippen molar-refractivity contribution in [3.05, 3.63) is 23.8 Å². The van der Waals surface area contributed by atoms with E-state index in [0.717, 1.165) is 24.2 Å². The first-order valence-corrected chi connectivity index (χ1v) is 8.86. The molecule has 5 heteroatoms. The standard InChI is InChI=1S/C16H27NO3S/c1-12(2)7-6-10-20-15-9-8-13(21(17,18)19)11-14(15)16(3,4)5/h8-9,11-12H,6-7,10H2,1-5H3,(H2,17,18,19). The molecule has 2 N–H and O–H groups in total. The van der Waals surface area contributed by atoms with Crippen molar-refractivity contribution in [2.24, 2.45) is 11.1 Å². The zero-order valence-electron chi connectivity index (χ0n) is 13.6. The van der Waals surface area contributed by atoms with Gasteiger partial charge in [-0.2, -0.15) is 0 Å². The Morgan fingerprint density at radius 3 is 2.33 bits per heavy atom. The highest BCUT2D eigenvalue weighted by Gasteiger charge is 2.22. The third kappa shape index (κ3) is 5.67. The molecule has 120 valence electrons. The Hall–Kier alpha value is -1.07. The number of ether oxygens (including phenoxy) is 1. The van der Waals surface area contributed by atoms with E-state index in [1.165, 1.54) is 6.07 Å². The minimum Gasteiger partial charge on any atom is -0.493 e. The molecule has 0 spiro atoms. The van der Waals surface area contributed by atoms with Gasteiger partial charge in [-0.3, -0.25) is 0 Å². The number of rotatable bonds is 6. The van der Waals surface area contributed by atoms with E-state index in [9.17, 15) is 8.42 Å². The quantitative estimate of drug-likeness (QED) is 0.818. The van der Waals surface area contributed by atoms with Crippen LogP contribution in [-0.2, 0) is 15.4 Å². The average Bonchev–Trinajstić information content (AvgIpc) is 2.32. The van der Waals surface area contributed by atoms with Gasteiger partial charge in [0.15, 0.2) is 0 Å². The molecule has 0 heterocycles. The Labute approximate surface area is 128 Å². The highest BCUT2D eigenvalue weighted by molar-refractivity contribution is 7.89. The van der Waals surface area contributed by atoms with Gasteiger partial charge in [-0.1, -0.05) is 34.6 Å². The fourth-order valence-corrected chi connectivity index (χ4v) is 2.61. The summed E-state index contributed by atoms with van der Waals surface area (Å²) < 4.78 is 28.8. The molecule has 1 aromatic rings. The molecule has 4 nitrogen and oxygen atoms in total. The number of hydrogen-bond donors (Lipinski definition) is 1. The molecule has 0 saturated heterocycles. The van der Waals surface area contributed by atoms with Crippen LogP contribution in [-0.4, -0.2) is 15.0 Å². The highest BCUT2D eigenvalue weighted by Crippen LogP contribution is 2.33. The lowest BCUT2D eigenvalue weighted by Crippen LogP contribution is -2.17. The molecule has 0 amide bonds. The zero-order chi connectivity index (χ0) is 16.3. The predicted octanol–water partition coefficient (Wildman–Crippen LogP) is 3.45. The summed E-state index contributed by atoms with van der Waals surface area (Å²) >= 11 is 0. The molecular weight excluding hydrogens is 286 g/mol. The molecule has 0 aliphatic heterocycles. The summed E-state index contributed by atoms with van der Waals surface area (Å²) in [5, 5.41) is 5.21. The molecule has 0 saturated carbocycles. The van der Waals surface area contributed by atoms with Gasteiger partial charge in [-0.25, -0.2) is 13.6 Å². The molecule has 0 unspecified atom stereocenters. The van der Waals surface area contributed by atoms with Crippen molar-refractivity contribution >= 4 is 10.0 Å². The second-order valence-corrected chi connectivity index (χ2v) is 8.40. The van der Waals surface area contributed by atoms with E-state index >= 15 is 0 Å². The first kappa shape index (κ1) is 18.0. The number of primary sulfonamides is 1. The monoisotopic (exact) mass is 313 g/mol. The fourth-order valence-electron chi connectivity index (χ4n) is 2.07. The van der Waals surface area contributed by atoms with Crippen LogP contribution in [0.25, 0.3) is 0 Å². The van der Waals surface area contributed by atoms with Crippen molar-refractivity contribution in [1.29, 1.82) is 0 Å². The van der Waals surface area contributed by atoms with Crippen molar-refractivity contribution in [3.63, 3.8) is 0 Å². The van der Waals surface area contributed by atoms with Gasteiger partial charge in [0.2, 0.25) is 10.0 Å². The third-order valence-corrected chi connectivity index (χ3v) is 4.18. The van der Waals surface area contributed by atoms with Gasteiger partial charge >= 0.3 is 0 Å². The van der Waals surface area contributed by atoms with Gasteiger partial charge in [0.1, 0.15) is 5.75 Å². The van der Waals surface area contributed by atoms with Gasteiger partial charge in [0.05, 0.1) is 11.5 Å². The van der Waals surface area contributed by atoms with Gasteiger partial charge < -0.3 is 4.74 Å². The second-order valence-electron chi connectivity index (χ2n) is 6.84. The van der Waals surface area contributed by atoms with Crippen molar-refractivity contribution in [2.45, 2.75) is 57.8 Å². The molecule has 21 heavy (non-hydrogen) atoms. The Morgan fingerprint density at radius 2 is 1.86 bits per heavy atom. The minimum absolute atomic E-state index is 0.127. The number of benzene rings is 1. The highest BCUT2D eigenvalue weighted by atomic mass is 32.2. The molecule has 0 aliphatic carbocycles. The van der Waals surface area contributed by atoms with Crippen molar-refractivity contribution < 1.29 is 13.2 Å². The van der Waals surface area contributed by atoms with E-state index in [0.29, 0.717) is 12.5 Å².